The van der Waals surface area contributed by atoms with Crippen LogP contribution in [0, 0.1) is 11.8 Å². The molecule has 5 heteroatoms. The van der Waals surface area contributed by atoms with Crippen LogP contribution in [0.15, 0.2) is 0 Å². The van der Waals surface area contributed by atoms with E-state index in [2.05, 4.69) is 0 Å². The van der Waals surface area contributed by atoms with Gasteiger partial charge in [-0.15, -0.1) is 0 Å². The van der Waals surface area contributed by atoms with Crippen molar-refractivity contribution in [2.45, 2.75) is 64.5 Å². The molecule has 114 valence electrons. The minimum absolute atomic E-state index is 0.433. The number of piperidine rings is 1. The zero-order valence-electron chi connectivity index (χ0n) is 12.6. The van der Waals surface area contributed by atoms with Gasteiger partial charge in [-0.1, -0.05) is 12.8 Å². The molecule has 0 spiro atoms. The lowest BCUT2D eigenvalue weighted by molar-refractivity contribution is -0.145. The molecule has 20 heavy (non-hydrogen) atoms. The van der Waals surface area contributed by atoms with Crippen LogP contribution in [0.2, 0.25) is 0 Å². The van der Waals surface area contributed by atoms with Crippen LogP contribution in [-0.2, 0) is 9.53 Å². The fourth-order valence-electron chi connectivity index (χ4n) is 2.85. The second kappa shape index (κ2) is 5.62. The maximum Gasteiger partial charge on any atom is 0.411 e. The third-order valence-corrected chi connectivity index (χ3v) is 3.99. The Labute approximate surface area is 120 Å². The Morgan fingerprint density at radius 3 is 2.35 bits per heavy atom. The van der Waals surface area contributed by atoms with Gasteiger partial charge in [0.2, 0.25) is 0 Å². The number of ether oxygens (including phenoxy) is 1. The quantitative estimate of drug-likeness (QED) is 0.864. The molecule has 1 amide bonds. The number of carbonyl (C=O) groups excluding carboxylic acids is 1. The van der Waals surface area contributed by atoms with Crippen molar-refractivity contribution in [3.8, 4) is 0 Å². The highest BCUT2D eigenvalue weighted by molar-refractivity contribution is 5.80. The van der Waals surface area contributed by atoms with E-state index in [1.54, 1.807) is 20.8 Å². The van der Waals surface area contributed by atoms with Crippen molar-refractivity contribution >= 4 is 12.1 Å². The summed E-state index contributed by atoms with van der Waals surface area (Å²) in [4.78, 5) is 24.9. The second-order valence-electron chi connectivity index (χ2n) is 7.10. The van der Waals surface area contributed by atoms with Crippen LogP contribution in [0.1, 0.15) is 52.9 Å². The monoisotopic (exact) mass is 283 g/mol. The van der Waals surface area contributed by atoms with Gasteiger partial charge < -0.3 is 9.84 Å². The van der Waals surface area contributed by atoms with Gasteiger partial charge in [-0.05, 0) is 51.9 Å². The third kappa shape index (κ3) is 4.12. The zero-order valence-corrected chi connectivity index (χ0v) is 12.6. The van der Waals surface area contributed by atoms with E-state index in [1.807, 2.05) is 0 Å². The first-order chi connectivity index (χ1) is 9.26. The maximum absolute atomic E-state index is 12.1. The molecule has 1 saturated carbocycles. The zero-order chi connectivity index (χ0) is 14.9. The molecule has 1 saturated heterocycles. The highest BCUT2D eigenvalue weighted by atomic mass is 16.6. The molecule has 2 aliphatic rings. The second-order valence-corrected chi connectivity index (χ2v) is 7.10. The molecule has 5 nitrogen and oxygen atoms in total. The predicted octanol–water partition coefficient (Wildman–Crippen LogP) is 2.89. The number of amides is 1. The van der Waals surface area contributed by atoms with Gasteiger partial charge in [-0.25, -0.2) is 9.59 Å². The van der Waals surface area contributed by atoms with E-state index in [1.165, 1.54) is 17.7 Å². The molecule has 1 aliphatic carbocycles. The molecule has 1 heterocycles. The minimum Gasteiger partial charge on any atom is -0.480 e. The Morgan fingerprint density at radius 1 is 1.20 bits per heavy atom. The van der Waals surface area contributed by atoms with Crippen LogP contribution in [0.4, 0.5) is 4.79 Å². The summed E-state index contributed by atoms with van der Waals surface area (Å²) in [7, 11) is 0. The topological polar surface area (TPSA) is 66.8 Å². The molecule has 0 unspecified atom stereocenters. The molecular weight excluding hydrogens is 258 g/mol. The lowest BCUT2D eigenvalue weighted by Gasteiger charge is -2.38. The summed E-state index contributed by atoms with van der Waals surface area (Å²) in [6.45, 7) is 5.87. The Morgan fingerprint density at radius 2 is 1.85 bits per heavy atom. The molecule has 2 fully saturated rings. The van der Waals surface area contributed by atoms with Crippen LogP contribution in [0.3, 0.4) is 0 Å². The third-order valence-electron chi connectivity index (χ3n) is 3.99. The number of carboxylic acids is 1. The number of likely N-dealkylation sites (tertiary alicyclic amines) is 1. The molecule has 1 N–H and O–H groups in total. The number of hydrogen-bond acceptors (Lipinski definition) is 3. The van der Waals surface area contributed by atoms with Crippen molar-refractivity contribution in [3.63, 3.8) is 0 Å². The first-order valence-corrected chi connectivity index (χ1v) is 7.48. The lowest BCUT2D eigenvalue weighted by Crippen LogP contribution is -2.51. The average Bonchev–Trinajstić information content (AvgIpc) is 3.10. The lowest BCUT2D eigenvalue weighted by atomic mass is 9.87. The molecule has 0 aromatic heterocycles. The molecule has 0 aromatic rings. The normalized spacial score (nSPS) is 27.2. The van der Waals surface area contributed by atoms with Crippen LogP contribution < -0.4 is 0 Å². The van der Waals surface area contributed by atoms with E-state index in [-0.39, 0.29) is 0 Å². The summed E-state index contributed by atoms with van der Waals surface area (Å²) in [5.41, 5.74) is -0.592. The van der Waals surface area contributed by atoms with E-state index in [4.69, 9.17) is 4.74 Å². The summed E-state index contributed by atoms with van der Waals surface area (Å²) < 4.78 is 5.31. The molecule has 2 rings (SSSR count). The number of hydrogen-bond donors (Lipinski definition) is 1. The first kappa shape index (κ1) is 15.1. The Bertz CT molecular complexity index is 384. The van der Waals surface area contributed by atoms with Crippen molar-refractivity contribution in [2.75, 3.05) is 6.54 Å². The SMILES string of the molecule is CC(C)(C)OC(=O)N1CC[C@H](CC2CC2)C[C@@H]1C(=O)O. The maximum atomic E-state index is 12.1. The summed E-state index contributed by atoms with van der Waals surface area (Å²) in [6.07, 6.45) is 4.62. The molecule has 2 atom stereocenters. The van der Waals surface area contributed by atoms with Gasteiger partial charge in [0.15, 0.2) is 0 Å². The molecule has 0 bridgehead atoms. The van der Waals surface area contributed by atoms with Gasteiger partial charge in [-0.2, -0.15) is 0 Å². The van der Waals surface area contributed by atoms with Crippen molar-refractivity contribution in [3.05, 3.63) is 0 Å². The number of carboxylic acid groups (broad SMARTS) is 1. The van der Waals surface area contributed by atoms with Crippen LogP contribution in [-0.4, -0.2) is 40.3 Å². The van der Waals surface area contributed by atoms with E-state index >= 15 is 0 Å². The van der Waals surface area contributed by atoms with Gasteiger partial charge in [0.05, 0.1) is 0 Å². The number of rotatable bonds is 3. The summed E-state index contributed by atoms with van der Waals surface area (Å²) in [6, 6.07) is -0.734. The summed E-state index contributed by atoms with van der Waals surface area (Å²) in [5, 5.41) is 9.37. The highest BCUT2D eigenvalue weighted by Crippen LogP contribution is 2.39. The largest absolute Gasteiger partial charge is 0.480 e. The van der Waals surface area contributed by atoms with Gasteiger partial charge in [-0.3, -0.25) is 4.90 Å². The first-order valence-electron chi connectivity index (χ1n) is 7.48. The van der Waals surface area contributed by atoms with Gasteiger partial charge in [0.25, 0.3) is 0 Å². The van der Waals surface area contributed by atoms with E-state index in [9.17, 15) is 14.7 Å². The average molecular weight is 283 g/mol. The molecule has 0 aromatic carbocycles. The Hall–Kier alpha value is -1.26. The van der Waals surface area contributed by atoms with Crippen molar-refractivity contribution in [1.29, 1.82) is 0 Å². The van der Waals surface area contributed by atoms with E-state index < -0.39 is 23.7 Å². The smallest absolute Gasteiger partial charge is 0.411 e. The van der Waals surface area contributed by atoms with E-state index in [0.717, 1.165) is 18.8 Å². The van der Waals surface area contributed by atoms with Crippen LogP contribution in [0.5, 0.6) is 0 Å². The Kier molecular flexibility index (Phi) is 4.25. The molecule has 0 radical (unpaired) electrons. The van der Waals surface area contributed by atoms with Gasteiger partial charge in [0, 0.05) is 6.54 Å². The standard InChI is InChI=1S/C15H25NO4/c1-15(2,3)20-14(19)16-7-6-11(8-10-4-5-10)9-12(16)13(17)18/h10-12H,4-9H2,1-3H3,(H,17,18)/t11-,12-/m1/s1. The number of nitrogens with zero attached hydrogens (tertiary/aromatic N) is 1. The summed E-state index contributed by atoms with van der Waals surface area (Å²) >= 11 is 0. The fourth-order valence-corrected chi connectivity index (χ4v) is 2.85. The van der Waals surface area contributed by atoms with Gasteiger partial charge in [0.1, 0.15) is 11.6 Å². The van der Waals surface area contributed by atoms with Crippen molar-refractivity contribution in [2.24, 2.45) is 11.8 Å². The van der Waals surface area contributed by atoms with Crippen LogP contribution in [0.25, 0.3) is 0 Å². The molecule has 1 aliphatic heterocycles. The van der Waals surface area contributed by atoms with Crippen molar-refractivity contribution < 1.29 is 19.4 Å². The highest BCUT2D eigenvalue weighted by Gasteiger charge is 2.39. The number of aliphatic carboxylic acids is 1. The van der Waals surface area contributed by atoms with Crippen molar-refractivity contribution in [1.82, 2.24) is 4.90 Å². The van der Waals surface area contributed by atoms with Crippen LogP contribution >= 0.6 is 0 Å². The summed E-state index contributed by atoms with van der Waals surface area (Å²) in [5.74, 6) is 0.307. The van der Waals surface area contributed by atoms with E-state index in [0.29, 0.717) is 18.9 Å². The van der Waals surface area contributed by atoms with Gasteiger partial charge >= 0.3 is 12.1 Å². The predicted molar refractivity (Wildman–Crippen MR) is 74.4 cm³/mol. The Balaban J connectivity index is 1.97. The molecular formula is C15H25NO4. The number of carbonyl (C=O) groups is 2. The fraction of sp³-hybridized carbons (Fsp3) is 0.867. The minimum atomic E-state index is -0.920.